The first kappa shape index (κ1) is 19.4. The van der Waals surface area contributed by atoms with Gasteiger partial charge in [-0.05, 0) is 27.2 Å². The highest BCUT2D eigenvalue weighted by Gasteiger charge is 2.37. The number of oxazole rings is 1. The molecule has 0 saturated carbocycles. The molecule has 4 rings (SSSR count). The smallest absolute Gasteiger partial charge is 0.226 e. The van der Waals surface area contributed by atoms with Crippen LogP contribution in [0.4, 0.5) is 0 Å². The topological polar surface area (TPSA) is 82.2 Å². The van der Waals surface area contributed by atoms with Crippen LogP contribution < -0.4 is 5.32 Å². The summed E-state index contributed by atoms with van der Waals surface area (Å²) in [6.45, 7) is 6.57. The molecule has 7 nitrogen and oxygen atoms in total. The summed E-state index contributed by atoms with van der Waals surface area (Å²) in [7, 11) is 0. The molecule has 3 atom stereocenters. The van der Waals surface area contributed by atoms with E-state index in [1.54, 1.807) is 12.4 Å². The summed E-state index contributed by atoms with van der Waals surface area (Å²) in [6.07, 6.45) is 5.84. The maximum absolute atomic E-state index is 12.9. The number of aromatic nitrogens is 3. The lowest BCUT2D eigenvalue weighted by atomic mass is 9.96. The molecule has 0 spiro atoms. The Morgan fingerprint density at radius 3 is 2.72 bits per heavy atom. The number of carbonyl (C=O) groups is 1. The number of nitrogens with one attached hydrogen (secondary N) is 1. The standard InChI is InChI=1S/C22H26N4O3/c1-14(2)26-13-17(11-24-26)20-18(9-10-28-20)21(27)25-15(3)22-23-12-19(29-22)16-7-5-4-6-8-16/h4-8,11-15,18,20H,9-10H2,1-3H3,(H,25,27)/t15-,18-,20+/m0/s1. The third-order valence-corrected chi connectivity index (χ3v) is 5.22. The Morgan fingerprint density at radius 1 is 1.21 bits per heavy atom. The van der Waals surface area contributed by atoms with E-state index in [-0.39, 0.29) is 30.0 Å². The summed E-state index contributed by atoms with van der Waals surface area (Å²) in [6, 6.07) is 9.71. The van der Waals surface area contributed by atoms with Crippen LogP contribution >= 0.6 is 0 Å². The molecule has 1 saturated heterocycles. The number of hydrogen-bond acceptors (Lipinski definition) is 5. The Labute approximate surface area is 170 Å². The number of benzene rings is 1. The van der Waals surface area contributed by atoms with Crippen molar-refractivity contribution in [2.45, 2.75) is 45.4 Å². The van der Waals surface area contributed by atoms with Crippen LogP contribution in [0.25, 0.3) is 11.3 Å². The molecule has 29 heavy (non-hydrogen) atoms. The summed E-state index contributed by atoms with van der Waals surface area (Å²) >= 11 is 0. The maximum atomic E-state index is 12.9. The molecule has 1 fully saturated rings. The van der Waals surface area contributed by atoms with Crippen molar-refractivity contribution in [2.24, 2.45) is 5.92 Å². The van der Waals surface area contributed by atoms with Crippen LogP contribution in [-0.2, 0) is 9.53 Å². The molecular weight excluding hydrogens is 368 g/mol. The van der Waals surface area contributed by atoms with Crippen LogP contribution in [0.2, 0.25) is 0 Å². The predicted octanol–water partition coefficient (Wildman–Crippen LogP) is 4.07. The molecule has 0 radical (unpaired) electrons. The Hall–Kier alpha value is -2.93. The van der Waals surface area contributed by atoms with E-state index in [4.69, 9.17) is 9.15 Å². The first-order valence-electron chi connectivity index (χ1n) is 10.00. The molecule has 3 heterocycles. The molecule has 0 bridgehead atoms. The SMILES string of the molecule is CC(C)n1cc([C@H]2OCC[C@@H]2C(=O)N[C@@H](C)c2ncc(-c3ccccc3)o2)cn1. The quantitative estimate of drug-likeness (QED) is 0.681. The molecule has 152 valence electrons. The highest BCUT2D eigenvalue weighted by molar-refractivity contribution is 5.80. The van der Waals surface area contributed by atoms with Crippen molar-refractivity contribution in [1.82, 2.24) is 20.1 Å². The molecule has 1 aromatic carbocycles. The van der Waals surface area contributed by atoms with Crippen molar-refractivity contribution < 1.29 is 13.9 Å². The van der Waals surface area contributed by atoms with Gasteiger partial charge in [0.15, 0.2) is 5.76 Å². The lowest BCUT2D eigenvalue weighted by Gasteiger charge is -2.19. The molecule has 1 N–H and O–H groups in total. The maximum Gasteiger partial charge on any atom is 0.226 e. The van der Waals surface area contributed by atoms with E-state index >= 15 is 0 Å². The minimum absolute atomic E-state index is 0.0586. The molecule has 1 amide bonds. The van der Waals surface area contributed by atoms with E-state index in [1.807, 2.05) is 48.1 Å². The van der Waals surface area contributed by atoms with Crippen molar-refractivity contribution >= 4 is 5.91 Å². The second-order valence-electron chi connectivity index (χ2n) is 7.69. The van der Waals surface area contributed by atoms with Gasteiger partial charge in [-0.15, -0.1) is 0 Å². The molecule has 1 aliphatic heterocycles. The van der Waals surface area contributed by atoms with E-state index in [0.717, 1.165) is 11.1 Å². The lowest BCUT2D eigenvalue weighted by Crippen LogP contribution is -2.34. The first-order chi connectivity index (χ1) is 14.0. The van der Waals surface area contributed by atoms with Gasteiger partial charge in [0.25, 0.3) is 0 Å². The normalized spacial score (nSPS) is 20.1. The minimum Gasteiger partial charge on any atom is -0.438 e. The molecule has 3 aromatic rings. The molecular formula is C22H26N4O3. The van der Waals surface area contributed by atoms with Gasteiger partial charge in [-0.1, -0.05) is 30.3 Å². The van der Waals surface area contributed by atoms with Gasteiger partial charge in [-0.3, -0.25) is 9.48 Å². The van der Waals surface area contributed by atoms with Crippen molar-refractivity contribution in [3.05, 3.63) is 60.4 Å². The van der Waals surface area contributed by atoms with Crippen LogP contribution in [0.15, 0.2) is 53.3 Å². The number of amides is 1. The Kier molecular flexibility index (Phi) is 5.49. The van der Waals surface area contributed by atoms with E-state index in [9.17, 15) is 4.79 Å². The first-order valence-corrected chi connectivity index (χ1v) is 10.00. The Balaban J connectivity index is 1.43. The molecule has 0 aliphatic carbocycles. The van der Waals surface area contributed by atoms with Gasteiger partial charge in [-0.2, -0.15) is 5.10 Å². The fourth-order valence-corrected chi connectivity index (χ4v) is 3.57. The monoisotopic (exact) mass is 394 g/mol. The highest BCUT2D eigenvalue weighted by atomic mass is 16.5. The van der Waals surface area contributed by atoms with Crippen LogP contribution in [0, 0.1) is 5.92 Å². The number of carbonyl (C=O) groups excluding carboxylic acids is 1. The van der Waals surface area contributed by atoms with Crippen molar-refractivity contribution in [3.63, 3.8) is 0 Å². The zero-order valence-electron chi connectivity index (χ0n) is 16.9. The molecule has 7 heteroatoms. The minimum atomic E-state index is -0.334. The van der Waals surface area contributed by atoms with Crippen molar-refractivity contribution in [2.75, 3.05) is 6.61 Å². The van der Waals surface area contributed by atoms with Crippen LogP contribution in [0.3, 0.4) is 0 Å². The summed E-state index contributed by atoms with van der Waals surface area (Å²) in [5.41, 5.74) is 1.89. The molecule has 1 aliphatic rings. The number of nitrogens with zero attached hydrogens (tertiary/aromatic N) is 3. The second-order valence-corrected chi connectivity index (χ2v) is 7.69. The molecule has 2 aromatic heterocycles. The van der Waals surface area contributed by atoms with Gasteiger partial charge < -0.3 is 14.5 Å². The van der Waals surface area contributed by atoms with Crippen LogP contribution in [0.1, 0.15) is 56.8 Å². The average Bonchev–Trinajstić information content (AvgIpc) is 3.48. The van der Waals surface area contributed by atoms with Gasteiger partial charge in [0.1, 0.15) is 6.04 Å². The summed E-state index contributed by atoms with van der Waals surface area (Å²) in [5.74, 6) is 0.854. The van der Waals surface area contributed by atoms with E-state index in [1.165, 1.54) is 0 Å². The summed E-state index contributed by atoms with van der Waals surface area (Å²) < 4.78 is 13.6. The van der Waals surface area contributed by atoms with Crippen LogP contribution in [-0.4, -0.2) is 27.3 Å². The zero-order valence-corrected chi connectivity index (χ0v) is 16.9. The van der Waals surface area contributed by atoms with Gasteiger partial charge >= 0.3 is 0 Å². The summed E-state index contributed by atoms with van der Waals surface area (Å²) in [4.78, 5) is 17.3. The average molecular weight is 394 g/mol. The highest BCUT2D eigenvalue weighted by Crippen LogP contribution is 2.35. The largest absolute Gasteiger partial charge is 0.438 e. The van der Waals surface area contributed by atoms with Crippen molar-refractivity contribution in [1.29, 1.82) is 0 Å². The van der Waals surface area contributed by atoms with E-state index < -0.39 is 0 Å². The Morgan fingerprint density at radius 2 is 2.00 bits per heavy atom. The third kappa shape index (κ3) is 4.10. The Bertz CT molecular complexity index is 963. The molecule has 0 unspecified atom stereocenters. The van der Waals surface area contributed by atoms with Gasteiger partial charge in [0.05, 0.1) is 24.4 Å². The lowest BCUT2D eigenvalue weighted by molar-refractivity contribution is -0.127. The van der Waals surface area contributed by atoms with Gasteiger partial charge in [-0.25, -0.2) is 4.98 Å². The fourth-order valence-electron chi connectivity index (χ4n) is 3.57. The van der Waals surface area contributed by atoms with E-state index in [0.29, 0.717) is 24.7 Å². The number of ether oxygens (including phenoxy) is 1. The van der Waals surface area contributed by atoms with Gasteiger partial charge in [0, 0.05) is 30.0 Å². The zero-order chi connectivity index (χ0) is 20.4. The number of hydrogen-bond donors (Lipinski definition) is 1. The van der Waals surface area contributed by atoms with Crippen LogP contribution in [0.5, 0.6) is 0 Å². The van der Waals surface area contributed by atoms with E-state index in [2.05, 4.69) is 29.2 Å². The van der Waals surface area contributed by atoms with Crippen molar-refractivity contribution in [3.8, 4) is 11.3 Å². The number of rotatable bonds is 6. The fraction of sp³-hybridized carbons (Fsp3) is 0.409. The summed E-state index contributed by atoms with van der Waals surface area (Å²) in [5, 5.41) is 7.40. The second kappa shape index (κ2) is 8.21. The van der Waals surface area contributed by atoms with Gasteiger partial charge in [0.2, 0.25) is 11.8 Å². The third-order valence-electron chi connectivity index (χ3n) is 5.22. The predicted molar refractivity (Wildman–Crippen MR) is 108 cm³/mol.